The Morgan fingerprint density at radius 2 is 1.93 bits per heavy atom. The Labute approximate surface area is 259 Å². The van der Waals surface area contributed by atoms with E-state index in [1.807, 2.05) is 41.9 Å². The number of hydrogen-bond acceptors (Lipinski definition) is 7. The molecule has 9 nitrogen and oxygen atoms in total. The second kappa shape index (κ2) is 12.2. The van der Waals surface area contributed by atoms with Crippen molar-refractivity contribution in [1.82, 2.24) is 25.0 Å². The van der Waals surface area contributed by atoms with Gasteiger partial charge < -0.3 is 24.1 Å². The predicted octanol–water partition coefficient (Wildman–Crippen LogP) is 4.40. The number of alkyl halides is 3. The van der Waals surface area contributed by atoms with Gasteiger partial charge in [0.05, 0.1) is 44.6 Å². The zero-order chi connectivity index (χ0) is 31.8. The van der Waals surface area contributed by atoms with E-state index in [1.54, 1.807) is 32.7 Å². The first-order valence-corrected chi connectivity index (χ1v) is 14.6. The molecule has 12 heteroatoms. The van der Waals surface area contributed by atoms with Crippen molar-refractivity contribution in [1.29, 1.82) is 0 Å². The number of methoxy groups -OCH3 is 2. The SMILES string of the molecule is COc1ccc(CNCC2=CN3C(=O)[C@@H](Cc4cccc(C5(Cc6nncn6C)COC5)c4)C=C3C(C(F)(F)F)=C2)c(OC)c1. The molecule has 6 rings (SSSR count). The monoisotopic (exact) mass is 621 g/mol. The number of carbonyl (C=O) groups is 1. The Balaban J connectivity index is 1.18. The number of fused-ring (bicyclic) bond motifs is 1. The van der Waals surface area contributed by atoms with E-state index in [4.69, 9.17) is 14.2 Å². The Bertz CT molecular complexity index is 1690. The second-order valence-electron chi connectivity index (χ2n) is 11.6. The van der Waals surface area contributed by atoms with Crippen molar-refractivity contribution in [3.8, 4) is 11.5 Å². The maximum Gasteiger partial charge on any atom is 0.418 e. The summed E-state index contributed by atoms with van der Waals surface area (Å²) >= 11 is 0. The lowest BCUT2D eigenvalue weighted by Crippen LogP contribution is -2.49. The van der Waals surface area contributed by atoms with Gasteiger partial charge in [0.25, 0.3) is 0 Å². The van der Waals surface area contributed by atoms with E-state index in [0.29, 0.717) is 43.3 Å². The van der Waals surface area contributed by atoms with Gasteiger partial charge in [0, 0.05) is 49.8 Å². The van der Waals surface area contributed by atoms with Crippen LogP contribution in [-0.2, 0) is 41.4 Å². The van der Waals surface area contributed by atoms with E-state index in [-0.39, 0.29) is 30.0 Å². The number of ether oxygens (including phenoxy) is 3. The lowest BCUT2D eigenvalue weighted by Gasteiger charge is -2.42. The molecule has 1 aromatic heterocycles. The minimum absolute atomic E-state index is 0.119. The van der Waals surface area contributed by atoms with Crippen molar-refractivity contribution in [3.63, 3.8) is 0 Å². The predicted molar refractivity (Wildman–Crippen MR) is 159 cm³/mol. The van der Waals surface area contributed by atoms with Crippen LogP contribution in [0.25, 0.3) is 0 Å². The maximum absolute atomic E-state index is 14.3. The van der Waals surface area contributed by atoms with Gasteiger partial charge in [-0.05, 0) is 41.3 Å². The minimum Gasteiger partial charge on any atom is -0.497 e. The van der Waals surface area contributed by atoms with Gasteiger partial charge in [-0.25, -0.2) is 0 Å². The highest BCUT2D eigenvalue weighted by Crippen LogP contribution is 2.42. The molecule has 0 bridgehead atoms. The van der Waals surface area contributed by atoms with E-state index in [1.165, 1.54) is 12.3 Å². The van der Waals surface area contributed by atoms with Crippen LogP contribution < -0.4 is 14.8 Å². The van der Waals surface area contributed by atoms with E-state index < -0.39 is 17.7 Å². The number of benzene rings is 2. The molecule has 1 fully saturated rings. The fourth-order valence-corrected chi connectivity index (χ4v) is 6.04. The van der Waals surface area contributed by atoms with Gasteiger partial charge in [0.1, 0.15) is 23.7 Å². The van der Waals surface area contributed by atoms with E-state index in [2.05, 4.69) is 15.5 Å². The van der Waals surface area contributed by atoms with Crippen molar-refractivity contribution in [2.24, 2.45) is 13.0 Å². The first-order valence-electron chi connectivity index (χ1n) is 14.6. The molecular formula is C33H34F3N5O4. The van der Waals surface area contributed by atoms with Gasteiger partial charge in [0.15, 0.2) is 0 Å². The van der Waals surface area contributed by atoms with Crippen LogP contribution >= 0.6 is 0 Å². The van der Waals surface area contributed by atoms with Crippen LogP contribution in [0.5, 0.6) is 11.5 Å². The van der Waals surface area contributed by atoms with Crippen LogP contribution in [0.4, 0.5) is 13.2 Å². The molecule has 3 aromatic rings. The van der Waals surface area contributed by atoms with Crippen LogP contribution in [0.3, 0.4) is 0 Å². The van der Waals surface area contributed by atoms with E-state index in [0.717, 1.165) is 33.5 Å². The molecule has 0 spiro atoms. The van der Waals surface area contributed by atoms with Gasteiger partial charge in [-0.2, -0.15) is 13.2 Å². The molecule has 1 amide bonds. The first-order chi connectivity index (χ1) is 21.6. The highest BCUT2D eigenvalue weighted by Gasteiger charge is 2.45. The fraction of sp³-hybridized carbons (Fsp3) is 0.364. The molecule has 3 aliphatic heterocycles. The highest BCUT2D eigenvalue weighted by molar-refractivity contribution is 5.89. The van der Waals surface area contributed by atoms with Gasteiger partial charge in [-0.15, -0.1) is 10.2 Å². The van der Waals surface area contributed by atoms with Crippen molar-refractivity contribution < 1.29 is 32.2 Å². The summed E-state index contributed by atoms with van der Waals surface area (Å²) in [6.07, 6.45) is 2.00. The number of aromatic nitrogens is 3. The average molecular weight is 622 g/mol. The van der Waals surface area contributed by atoms with Crippen molar-refractivity contribution >= 4 is 5.91 Å². The number of aryl methyl sites for hydroxylation is 1. The van der Waals surface area contributed by atoms with Gasteiger partial charge in [-0.1, -0.05) is 30.3 Å². The van der Waals surface area contributed by atoms with Crippen LogP contribution in [0, 0.1) is 5.92 Å². The summed E-state index contributed by atoms with van der Waals surface area (Å²) in [5.41, 5.74) is 1.84. The van der Waals surface area contributed by atoms with Crippen LogP contribution in [0.1, 0.15) is 22.5 Å². The topological polar surface area (TPSA) is 90.7 Å². The van der Waals surface area contributed by atoms with Crippen molar-refractivity contribution in [2.45, 2.75) is 31.0 Å². The zero-order valence-electron chi connectivity index (χ0n) is 25.2. The average Bonchev–Trinajstić information content (AvgIpc) is 3.55. The van der Waals surface area contributed by atoms with Crippen LogP contribution in [-0.4, -0.2) is 65.7 Å². The number of hydrogen-bond donors (Lipinski definition) is 1. The molecule has 1 saturated heterocycles. The summed E-state index contributed by atoms with van der Waals surface area (Å²) < 4.78 is 60.9. The molecule has 0 aliphatic carbocycles. The van der Waals surface area contributed by atoms with E-state index >= 15 is 0 Å². The minimum atomic E-state index is -4.63. The molecule has 0 radical (unpaired) electrons. The third-order valence-corrected chi connectivity index (χ3v) is 8.57. The second-order valence-corrected chi connectivity index (χ2v) is 11.6. The normalized spacial score (nSPS) is 19.0. The lowest BCUT2D eigenvalue weighted by molar-refractivity contribution is -0.128. The fourth-order valence-electron chi connectivity index (χ4n) is 6.04. The standard InChI is InChI=1S/C33H34F3N5O4/c1-40-20-38-39-30(40)14-32(18-45-19-32)25-6-4-5-21(10-25)9-24-12-28-27(33(34,35)36)11-22(17-41(28)31(24)42)15-37-16-23-7-8-26(43-2)13-29(23)44-3/h4-8,10-13,17,20,24,37H,9,14-16,18-19H2,1-3H3/t24-/m0/s1. The number of nitrogens with zero attached hydrogens (tertiary/aromatic N) is 4. The summed E-state index contributed by atoms with van der Waals surface area (Å²) in [5, 5.41) is 11.4. The molecule has 2 aromatic carbocycles. The van der Waals surface area contributed by atoms with Crippen LogP contribution in [0.2, 0.25) is 0 Å². The Kier molecular flexibility index (Phi) is 8.27. The third-order valence-electron chi connectivity index (χ3n) is 8.57. The van der Waals surface area contributed by atoms with Gasteiger partial charge in [-0.3, -0.25) is 9.69 Å². The van der Waals surface area contributed by atoms with Gasteiger partial charge in [0.2, 0.25) is 5.91 Å². The van der Waals surface area contributed by atoms with E-state index in [9.17, 15) is 18.0 Å². The summed E-state index contributed by atoms with van der Waals surface area (Å²) in [5.74, 6) is 0.945. The molecule has 4 heterocycles. The lowest BCUT2D eigenvalue weighted by atomic mass is 9.75. The largest absolute Gasteiger partial charge is 0.497 e. The smallest absolute Gasteiger partial charge is 0.418 e. The Morgan fingerprint density at radius 1 is 1.11 bits per heavy atom. The number of amides is 1. The Morgan fingerprint density at radius 3 is 2.60 bits per heavy atom. The summed E-state index contributed by atoms with van der Waals surface area (Å²) in [4.78, 5) is 14.7. The molecule has 1 atom stereocenters. The number of allylic oxidation sites excluding steroid dienone is 1. The number of carbonyl (C=O) groups excluding carboxylic acids is 1. The number of rotatable bonds is 11. The summed E-state index contributed by atoms with van der Waals surface area (Å²) in [6.45, 7) is 1.51. The first kappa shape index (κ1) is 30.6. The van der Waals surface area contributed by atoms with Crippen molar-refractivity contribution in [2.75, 3.05) is 34.0 Å². The third kappa shape index (κ3) is 6.12. The maximum atomic E-state index is 14.3. The zero-order valence-corrected chi connectivity index (χ0v) is 25.2. The molecule has 1 N–H and O–H groups in total. The molecular weight excluding hydrogens is 587 g/mol. The van der Waals surface area contributed by atoms with Crippen molar-refractivity contribution in [3.05, 3.63) is 107 Å². The summed E-state index contributed by atoms with van der Waals surface area (Å²) in [7, 11) is 4.99. The summed E-state index contributed by atoms with van der Waals surface area (Å²) in [6, 6.07) is 13.2. The quantitative estimate of drug-likeness (QED) is 0.340. The highest BCUT2D eigenvalue weighted by atomic mass is 19.4. The van der Waals surface area contributed by atoms with Gasteiger partial charge >= 0.3 is 6.18 Å². The Hall–Kier alpha value is -4.42. The molecule has 45 heavy (non-hydrogen) atoms. The molecule has 236 valence electrons. The number of nitrogens with one attached hydrogen (secondary N) is 1. The molecule has 0 saturated carbocycles. The number of halogens is 3. The van der Waals surface area contributed by atoms with Crippen LogP contribution in [0.15, 0.2) is 84.0 Å². The molecule has 3 aliphatic rings. The molecule has 0 unspecified atom stereocenters.